The van der Waals surface area contributed by atoms with E-state index in [-0.39, 0.29) is 0 Å². The van der Waals surface area contributed by atoms with Crippen molar-refractivity contribution in [2.45, 2.75) is 0 Å². The predicted octanol–water partition coefficient (Wildman–Crippen LogP) is 3.09. The van der Waals surface area contributed by atoms with E-state index in [0.717, 1.165) is 20.8 Å². The summed E-state index contributed by atoms with van der Waals surface area (Å²) < 4.78 is 2.81. The quantitative estimate of drug-likeness (QED) is 0.694. The minimum Gasteiger partial charge on any atom is -0.280 e. The Balaban J connectivity index is 2.31. The summed E-state index contributed by atoms with van der Waals surface area (Å²) in [5.74, 6) is 0.749. The second-order valence-corrected chi connectivity index (χ2v) is 5.15. The van der Waals surface area contributed by atoms with Gasteiger partial charge in [0.2, 0.25) is 0 Å². The lowest BCUT2D eigenvalue weighted by Crippen LogP contribution is -1.89. The molecule has 3 aromatic heterocycles. The fourth-order valence-electron chi connectivity index (χ4n) is 1.57. The Bertz CT molecular complexity index is 737. The van der Waals surface area contributed by atoms with Crippen LogP contribution in [0.2, 0.25) is 0 Å². The third-order valence-electron chi connectivity index (χ3n) is 2.35. The molecule has 0 aliphatic heterocycles. The Kier molecular flexibility index (Phi) is 2.42. The smallest absolute Gasteiger partial charge is 0.179 e. The largest absolute Gasteiger partial charge is 0.280 e. The highest BCUT2D eigenvalue weighted by Gasteiger charge is 2.12. The van der Waals surface area contributed by atoms with Crippen LogP contribution >= 0.6 is 27.3 Å². The molecule has 17 heavy (non-hydrogen) atoms. The van der Waals surface area contributed by atoms with Gasteiger partial charge in [0.05, 0.1) is 10.4 Å². The van der Waals surface area contributed by atoms with Gasteiger partial charge in [0.25, 0.3) is 0 Å². The third kappa shape index (κ3) is 1.64. The number of aromatic nitrogens is 3. The number of fused-ring (bicyclic) bond motifs is 1. The van der Waals surface area contributed by atoms with Gasteiger partial charge < -0.3 is 0 Å². The van der Waals surface area contributed by atoms with E-state index in [1.165, 1.54) is 0 Å². The molecular weight excluding hydrogens is 300 g/mol. The molecule has 0 unspecified atom stereocenters. The summed E-state index contributed by atoms with van der Waals surface area (Å²) in [7, 11) is 0. The first-order chi connectivity index (χ1) is 8.29. The van der Waals surface area contributed by atoms with Gasteiger partial charge in [-0.25, -0.2) is 0 Å². The Hall–Kier alpha value is -1.71. The first-order valence-corrected chi connectivity index (χ1v) is 6.45. The number of hydrogen-bond donors (Lipinski definition) is 0. The van der Waals surface area contributed by atoms with E-state index in [1.807, 2.05) is 15.8 Å². The highest BCUT2D eigenvalue weighted by molar-refractivity contribution is 9.10. The number of halogens is 1. The molecule has 3 heterocycles. The minimum absolute atomic E-state index is 0.589. The van der Waals surface area contributed by atoms with Crippen LogP contribution in [0.25, 0.3) is 16.3 Å². The second kappa shape index (κ2) is 3.95. The van der Waals surface area contributed by atoms with Gasteiger partial charge in [-0.1, -0.05) is 0 Å². The number of rotatable bonds is 1. The first-order valence-electron chi connectivity index (χ1n) is 4.78. The normalized spacial score (nSPS) is 10.6. The molecule has 0 aliphatic carbocycles. The summed E-state index contributed by atoms with van der Waals surface area (Å²) >= 11 is 5.06. The van der Waals surface area contributed by atoms with Gasteiger partial charge in [-0.3, -0.25) is 4.40 Å². The third-order valence-corrected chi connectivity index (χ3v) is 4.19. The van der Waals surface area contributed by atoms with Crippen LogP contribution in [-0.2, 0) is 0 Å². The SMILES string of the molecule is N#Cc1ccc2nnc(-c3sccc3Br)n2c1. The van der Waals surface area contributed by atoms with Crippen molar-refractivity contribution < 1.29 is 0 Å². The standard InChI is InChI=1S/C11H5BrN4S/c12-8-3-4-17-10(8)11-15-14-9-2-1-7(5-13)6-16(9)11/h1-4,6H. The molecule has 0 aliphatic rings. The van der Waals surface area contributed by atoms with Crippen LogP contribution < -0.4 is 0 Å². The van der Waals surface area contributed by atoms with Gasteiger partial charge in [0, 0.05) is 10.7 Å². The van der Waals surface area contributed by atoms with E-state index in [9.17, 15) is 0 Å². The van der Waals surface area contributed by atoms with E-state index in [2.05, 4.69) is 32.2 Å². The Morgan fingerprint density at radius 1 is 1.29 bits per heavy atom. The van der Waals surface area contributed by atoms with Crippen LogP contribution in [-0.4, -0.2) is 14.6 Å². The van der Waals surface area contributed by atoms with E-state index in [4.69, 9.17) is 5.26 Å². The van der Waals surface area contributed by atoms with Crippen molar-refractivity contribution in [2.24, 2.45) is 0 Å². The molecule has 6 heteroatoms. The lowest BCUT2D eigenvalue weighted by Gasteiger charge is -1.98. The van der Waals surface area contributed by atoms with Gasteiger partial charge in [-0.15, -0.1) is 21.5 Å². The summed E-state index contributed by atoms with van der Waals surface area (Å²) in [6, 6.07) is 7.60. The summed E-state index contributed by atoms with van der Waals surface area (Å²) in [6.07, 6.45) is 1.75. The zero-order valence-electron chi connectivity index (χ0n) is 8.46. The van der Waals surface area contributed by atoms with Gasteiger partial charge >= 0.3 is 0 Å². The zero-order valence-corrected chi connectivity index (χ0v) is 10.9. The second-order valence-electron chi connectivity index (χ2n) is 3.38. The fourth-order valence-corrected chi connectivity index (χ4v) is 3.10. The van der Waals surface area contributed by atoms with Crippen LogP contribution in [0.15, 0.2) is 34.2 Å². The van der Waals surface area contributed by atoms with Gasteiger partial charge in [0.1, 0.15) is 6.07 Å². The zero-order chi connectivity index (χ0) is 11.8. The van der Waals surface area contributed by atoms with Crippen molar-refractivity contribution in [3.05, 3.63) is 39.8 Å². The average Bonchev–Trinajstić information content (AvgIpc) is 2.94. The Labute approximate surface area is 109 Å². The van der Waals surface area contributed by atoms with Crippen LogP contribution in [0.5, 0.6) is 0 Å². The Morgan fingerprint density at radius 2 is 2.18 bits per heavy atom. The molecule has 0 radical (unpaired) electrons. The molecule has 0 amide bonds. The fraction of sp³-hybridized carbons (Fsp3) is 0. The summed E-state index contributed by atoms with van der Waals surface area (Å²) in [4.78, 5) is 1.01. The molecule has 0 aromatic carbocycles. The maximum atomic E-state index is 8.90. The topological polar surface area (TPSA) is 54.0 Å². The van der Waals surface area contributed by atoms with E-state index in [1.54, 1.807) is 29.7 Å². The van der Waals surface area contributed by atoms with Gasteiger partial charge in [-0.2, -0.15) is 5.26 Å². The van der Waals surface area contributed by atoms with E-state index in [0.29, 0.717) is 5.56 Å². The summed E-state index contributed by atoms with van der Waals surface area (Å²) in [5, 5.41) is 19.1. The van der Waals surface area contributed by atoms with Crippen molar-refractivity contribution in [1.82, 2.24) is 14.6 Å². The molecule has 4 nitrogen and oxygen atoms in total. The van der Waals surface area contributed by atoms with Crippen molar-refractivity contribution in [3.63, 3.8) is 0 Å². The molecule has 0 saturated carbocycles. The number of thiophene rings is 1. The number of nitriles is 1. The summed E-state index contributed by atoms with van der Waals surface area (Å²) in [5.41, 5.74) is 1.32. The molecule has 0 fully saturated rings. The molecular formula is C11H5BrN4S. The molecule has 0 N–H and O–H groups in total. The van der Waals surface area contributed by atoms with Gasteiger partial charge in [0.15, 0.2) is 11.5 Å². The monoisotopic (exact) mass is 304 g/mol. The highest BCUT2D eigenvalue weighted by Crippen LogP contribution is 2.32. The average molecular weight is 305 g/mol. The van der Waals surface area contributed by atoms with Crippen LogP contribution in [0.4, 0.5) is 0 Å². The Morgan fingerprint density at radius 3 is 2.88 bits per heavy atom. The van der Waals surface area contributed by atoms with E-state index >= 15 is 0 Å². The molecule has 3 rings (SSSR count). The lowest BCUT2D eigenvalue weighted by molar-refractivity contribution is 1.11. The first kappa shape index (κ1) is 10.4. The van der Waals surface area contributed by atoms with Crippen LogP contribution in [0.3, 0.4) is 0 Å². The lowest BCUT2D eigenvalue weighted by atomic mass is 10.3. The minimum atomic E-state index is 0.589. The van der Waals surface area contributed by atoms with E-state index < -0.39 is 0 Å². The van der Waals surface area contributed by atoms with Crippen molar-refractivity contribution in [3.8, 4) is 16.8 Å². The number of pyridine rings is 1. The number of nitrogens with zero attached hydrogens (tertiary/aromatic N) is 4. The molecule has 0 spiro atoms. The van der Waals surface area contributed by atoms with Gasteiger partial charge in [-0.05, 0) is 39.5 Å². The maximum Gasteiger partial charge on any atom is 0.179 e. The molecule has 0 saturated heterocycles. The molecule has 82 valence electrons. The van der Waals surface area contributed by atoms with Crippen LogP contribution in [0.1, 0.15) is 5.56 Å². The van der Waals surface area contributed by atoms with Crippen molar-refractivity contribution >= 4 is 32.9 Å². The highest BCUT2D eigenvalue weighted by atomic mass is 79.9. The predicted molar refractivity (Wildman–Crippen MR) is 68.7 cm³/mol. The van der Waals surface area contributed by atoms with Crippen molar-refractivity contribution in [1.29, 1.82) is 5.26 Å². The summed E-state index contributed by atoms with van der Waals surface area (Å²) in [6.45, 7) is 0. The molecule has 3 aromatic rings. The molecule has 0 atom stereocenters. The van der Waals surface area contributed by atoms with Crippen molar-refractivity contribution in [2.75, 3.05) is 0 Å². The maximum absolute atomic E-state index is 8.90. The van der Waals surface area contributed by atoms with Crippen LogP contribution in [0, 0.1) is 11.3 Å². The number of hydrogen-bond acceptors (Lipinski definition) is 4. The molecule has 0 bridgehead atoms.